The molecule has 0 amide bonds. The molecule has 1 aromatic carbocycles. The number of hydrogen-bond donors (Lipinski definition) is 1. The molecule has 0 fully saturated rings. The van der Waals surface area contributed by atoms with Gasteiger partial charge in [-0.05, 0) is 75.1 Å². The van der Waals surface area contributed by atoms with Gasteiger partial charge in [-0.15, -0.1) is 0 Å². The summed E-state index contributed by atoms with van der Waals surface area (Å²) < 4.78 is 13.2. The summed E-state index contributed by atoms with van der Waals surface area (Å²) in [7, 11) is 0. The number of aromatic nitrogens is 4. The van der Waals surface area contributed by atoms with Crippen molar-refractivity contribution in [2.45, 2.75) is 27.2 Å². The van der Waals surface area contributed by atoms with Crippen LogP contribution in [0.1, 0.15) is 37.2 Å². The molecule has 1 atom stereocenters. The van der Waals surface area contributed by atoms with Crippen molar-refractivity contribution in [1.29, 1.82) is 0 Å². The van der Waals surface area contributed by atoms with Crippen LogP contribution in [0.5, 0.6) is 0 Å². The van der Waals surface area contributed by atoms with Crippen LogP contribution >= 0.6 is 11.8 Å². The zero-order valence-electron chi connectivity index (χ0n) is 25.1. The monoisotopic (exact) mass is 607 g/mol. The van der Waals surface area contributed by atoms with Crippen LogP contribution in [-0.4, -0.2) is 56.7 Å². The number of nitrogens with zero attached hydrogens (tertiary/aromatic N) is 4. The Hall–Kier alpha value is -4.88. The predicted molar refractivity (Wildman–Crippen MR) is 172 cm³/mol. The first-order chi connectivity index (χ1) is 21.4. The maximum atomic E-state index is 13.5. The molecule has 9 nitrogen and oxygen atoms in total. The van der Waals surface area contributed by atoms with Crippen LogP contribution < -0.4 is 5.32 Å². The van der Waals surface area contributed by atoms with Gasteiger partial charge in [0.25, 0.3) is 0 Å². The Morgan fingerprint density at radius 1 is 1.00 bits per heavy atom. The average Bonchev–Trinajstić information content (AvgIpc) is 3.37. The molecular formula is C34H33N5O4S. The van der Waals surface area contributed by atoms with E-state index in [9.17, 15) is 9.59 Å². The van der Waals surface area contributed by atoms with Crippen molar-refractivity contribution in [3.63, 3.8) is 0 Å². The topological polar surface area (TPSA) is 108 Å². The van der Waals surface area contributed by atoms with E-state index in [1.54, 1.807) is 49.5 Å². The Balaban J connectivity index is 1.48. The van der Waals surface area contributed by atoms with Gasteiger partial charge in [0.05, 0.1) is 35.2 Å². The van der Waals surface area contributed by atoms with Gasteiger partial charge < -0.3 is 14.8 Å². The van der Waals surface area contributed by atoms with Crippen LogP contribution in [0.15, 0.2) is 84.1 Å². The Kier molecular flexibility index (Phi) is 9.77. The first-order valence-corrected chi connectivity index (χ1v) is 15.7. The van der Waals surface area contributed by atoms with Crippen molar-refractivity contribution in [2.24, 2.45) is 5.92 Å². The van der Waals surface area contributed by atoms with Crippen LogP contribution in [0.4, 0.5) is 0 Å². The molecule has 1 aliphatic rings. The van der Waals surface area contributed by atoms with E-state index in [-0.39, 0.29) is 13.2 Å². The van der Waals surface area contributed by atoms with E-state index < -0.39 is 17.9 Å². The second kappa shape index (κ2) is 14.1. The molecule has 4 aromatic rings. The smallest absolute Gasteiger partial charge is 0.337 e. The largest absolute Gasteiger partial charge is 0.463 e. The fraction of sp³-hybridized carbons (Fsp3) is 0.265. The van der Waals surface area contributed by atoms with Gasteiger partial charge in [0, 0.05) is 41.5 Å². The van der Waals surface area contributed by atoms with Crippen LogP contribution in [0.3, 0.4) is 0 Å². The number of rotatable bonds is 9. The van der Waals surface area contributed by atoms with Gasteiger partial charge in [0.1, 0.15) is 11.3 Å². The van der Waals surface area contributed by atoms with E-state index >= 15 is 0 Å². The lowest BCUT2D eigenvalue weighted by Crippen LogP contribution is -2.34. The molecule has 224 valence electrons. The number of pyridine rings is 2. The van der Waals surface area contributed by atoms with E-state index in [0.717, 1.165) is 39.4 Å². The third-order valence-electron chi connectivity index (χ3n) is 7.22. The van der Waals surface area contributed by atoms with E-state index in [0.29, 0.717) is 29.0 Å². The Morgan fingerprint density at radius 2 is 1.77 bits per heavy atom. The number of carbonyl (C=O) groups is 2. The zero-order valence-corrected chi connectivity index (χ0v) is 25.9. The minimum Gasteiger partial charge on any atom is -0.463 e. The van der Waals surface area contributed by atoms with Crippen LogP contribution in [0.2, 0.25) is 0 Å². The second-order valence-electron chi connectivity index (χ2n) is 10.0. The fourth-order valence-electron chi connectivity index (χ4n) is 5.31. The number of allylic oxidation sites excluding steroid dienone is 1. The molecular weight excluding hydrogens is 574 g/mol. The quantitative estimate of drug-likeness (QED) is 0.202. The van der Waals surface area contributed by atoms with Gasteiger partial charge in [-0.2, -0.15) is 11.8 Å². The lowest BCUT2D eigenvalue weighted by Gasteiger charge is -2.31. The number of dihydropyridines is 1. The molecule has 0 bridgehead atoms. The minimum atomic E-state index is -0.524. The molecule has 0 saturated heterocycles. The summed E-state index contributed by atoms with van der Waals surface area (Å²) in [5.41, 5.74) is 6.27. The molecule has 10 heteroatoms. The molecule has 1 unspecified atom stereocenters. The van der Waals surface area contributed by atoms with Crippen molar-refractivity contribution in [1.82, 2.24) is 24.8 Å². The molecule has 0 aliphatic carbocycles. The number of carbonyl (C=O) groups excluding carboxylic acids is 2. The third kappa shape index (κ3) is 6.53. The van der Waals surface area contributed by atoms with Crippen molar-refractivity contribution in [3.05, 3.63) is 101 Å². The van der Waals surface area contributed by atoms with Crippen LogP contribution in [0.25, 0.3) is 22.4 Å². The van der Waals surface area contributed by atoms with Crippen LogP contribution in [-0.2, 0) is 19.1 Å². The number of aryl methyl sites for hydroxylation is 1. The maximum Gasteiger partial charge on any atom is 0.337 e. The highest BCUT2D eigenvalue weighted by atomic mass is 32.2. The van der Waals surface area contributed by atoms with Crippen molar-refractivity contribution >= 4 is 40.4 Å². The normalized spacial score (nSPS) is 14.6. The molecule has 4 heterocycles. The number of thioether (sulfide) groups is 1. The average molecular weight is 608 g/mol. The third-order valence-corrected chi connectivity index (χ3v) is 7.86. The molecule has 3 aromatic heterocycles. The van der Waals surface area contributed by atoms with Gasteiger partial charge in [-0.25, -0.2) is 14.6 Å². The number of ether oxygens (including phenoxy) is 2. The Bertz CT molecular complexity index is 1800. The molecule has 0 spiro atoms. The van der Waals surface area contributed by atoms with Gasteiger partial charge in [-0.3, -0.25) is 14.5 Å². The highest BCUT2D eigenvalue weighted by Crippen LogP contribution is 2.38. The lowest BCUT2D eigenvalue weighted by molar-refractivity contribution is -0.139. The van der Waals surface area contributed by atoms with Crippen LogP contribution in [0, 0.1) is 24.7 Å². The predicted octanol–water partition coefficient (Wildman–Crippen LogP) is 5.24. The highest BCUT2D eigenvalue weighted by Gasteiger charge is 2.38. The van der Waals surface area contributed by atoms with E-state index in [2.05, 4.69) is 36.7 Å². The number of nitrogens with one attached hydrogen (secondary N) is 1. The van der Waals surface area contributed by atoms with E-state index in [1.807, 2.05) is 56.5 Å². The van der Waals surface area contributed by atoms with E-state index in [1.165, 1.54) is 0 Å². The van der Waals surface area contributed by atoms with Gasteiger partial charge >= 0.3 is 11.9 Å². The van der Waals surface area contributed by atoms with Gasteiger partial charge in [0.15, 0.2) is 6.61 Å². The number of hydrogen-bond acceptors (Lipinski definition) is 9. The maximum absolute atomic E-state index is 13.5. The minimum absolute atomic E-state index is 0.0923. The number of fused-ring (bicyclic) bond motifs is 1. The van der Waals surface area contributed by atoms with E-state index in [4.69, 9.17) is 9.47 Å². The number of benzene rings is 1. The lowest BCUT2D eigenvalue weighted by atomic mass is 9.82. The molecule has 5 rings (SSSR count). The second-order valence-corrected chi connectivity index (χ2v) is 11.0. The summed E-state index contributed by atoms with van der Waals surface area (Å²) in [6.45, 7) is 5.66. The summed E-state index contributed by atoms with van der Waals surface area (Å²) in [5.74, 6) is 5.87. The molecule has 0 saturated carbocycles. The van der Waals surface area contributed by atoms with Crippen molar-refractivity contribution < 1.29 is 19.1 Å². The molecule has 0 radical (unpaired) electrons. The van der Waals surface area contributed by atoms with Gasteiger partial charge in [-0.1, -0.05) is 24.0 Å². The standard InChI is InChI=1S/C34H33N5O4S/c1-5-42-34(41)31-27(15-19-44-4)30(33(40)43-18-7-9-24-8-6-16-35-20-24)22(2)37-32(31)25-10-12-26(13-11-25)39-23(3)38-28-21-36-17-14-29(28)39/h6,8,10-14,16-17,20-21,27,37H,5,15,18-19H2,1-4H3. The summed E-state index contributed by atoms with van der Waals surface area (Å²) in [6, 6.07) is 13.5. The van der Waals surface area contributed by atoms with Crippen molar-refractivity contribution in [2.75, 3.05) is 25.2 Å². The summed E-state index contributed by atoms with van der Waals surface area (Å²) >= 11 is 1.64. The molecule has 1 aliphatic heterocycles. The first-order valence-electron chi connectivity index (χ1n) is 14.3. The fourth-order valence-corrected chi connectivity index (χ4v) is 5.78. The summed E-state index contributed by atoms with van der Waals surface area (Å²) in [6.07, 6.45) is 9.35. The summed E-state index contributed by atoms with van der Waals surface area (Å²) in [4.78, 5) is 39.9. The highest BCUT2D eigenvalue weighted by molar-refractivity contribution is 7.98. The zero-order chi connectivity index (χ0) is 31.1. The molecule has 44 heavy (non-hydrogen) atoms. The Morgan fingerprint density at radius 3 is 2.50 bits per heavy atom. The number of esters is 2. The summed E-state index contributed by atoms with van der Waals surface area (Å²) in [5, 5.41) is 3.35. The Labute approximate surface area is 260 Å². The molecule has 1 N–H and O–H groups in total. The first kappa shape index (κ1) is 30.6. The SMILES string of the molecule is CCOC(=O)C1=C(c2ccc(-n3c(C)nc4cnccc43)cc2)NC(C)=C(C(=O)OCC#Cc2cccnc2)C1CCSC. The van der Waals surface area contributed by atoms with Crippen molar-refractivity contribution in [3.8, 4) is 17.5 Å². The van der Waals surface area contributed by atoms with Gasteiger partial charge in [0.2, 0.25) is 0 Å². The number of imidazole rings is 1.